The van der Waals surface area contributed by atoms with Gasteiger partial charge in [-0.15, -0.1) is 0 Å². The summed E-state index contributed by atoms with van der Waals surface area (Å²) in [5, 5.41) is 3.55. The number of aryl methyl sites for hydroxylation is 2. The summed E-state index contributed by atoms with van der Waals surface area (Å²) in [6.45, 7) is 7.48. The highest BCUT2D eigenvalue weighted by molar-refractivity contribution is 5.32. The molecular weight excluding hydrogens is 222 g/mol. The van der Waals surface area contributed by atoms with E-state index in [2.05, 4.69) is 54.3 Å². The largest absolute Gasteiger partial charge is 0.348 e. The number of aromatic nitrogens is 2. The molecule has 0 aliphatic carbocycles. The van der Waals surface area contributed by atoms with E-state index in [9.17, 15) is 0 Å². The second-order valence-corrected chi connectivity index (χ2v) is 4.86. The van der Waals surface area contributed by atoms with Crippen molar-refractivity contribution in [2.75, 3.05) is 6.54 Å². The predicted molar refractivity (Wildman–Crippen MR) is 74.6 cm³/mol. The average Bonchev–Trinajstić information content (AvgIpc) is 2.81. The Morgan fingerprint density at radius 1 is 1.33 bits per heavy atom. The molecule has 0 aliphatic heterocycles. The summed E-state index contributed by atoms with van der Waals surface area (Å²) < 4.78 is 0. The molecule has 0 bridgehead atoms. The van der Waals surface area contributed by atoms with Crippen molar-refractivity contribution in [2.24, 2.45) is 0 Å². The van der Waals surface area contributed by atoms with Gasteiger partial charge in [0.25, 0.3) is 0 Å². The number of nitrogens with zero attached hydrogens (tertiary/aromatic N) is 1. The second kappa shape index (κ2) is 5.83. The van der Waals surface area contributed by atoms with Crippen LogP contribution in [0.2, 0.25) is 0 Å². The minimum absolute atomic E-state index is 0.383. The van der Waals surface area contributed by atoms with Gasteiger partial charge in [-0.1, -0.05) is 23.8 Å². The standard InChI is InChI=1S/C15H21N3/c1-11-4-5-15(12(2)8-11)13(3)17-7-6-14-9-16-10-18-14/h4-5,8-10,13,17H,6-7H2,1-3H3,(H,16,18). The van der Waals surface area contributed by atoms with Crippen molar-refractivity contribution in [3.05, 3.63) is 53.1 Å². The van der Waals surface area contributed by atoms with E-state index in [1.54, 1.807) is 6.33 Å². The number of benzene rings is 1. The Bertz CT molecular complexity index is 488. The second-order valence-electron chi connectivity index (χ2n) is 4.86. The highest BCUT2D eigenvalue weighted by Crippen LogP contribution is 2.18. The molecule has 1 aromatic heterocycles. The van der Waals surface area contributed by atoms with Crippen molar-refractivity contribution in [1.82, 2.24) is 15.3 Å². The van der Waals surface area contributed by atoms with Crippen LogP contribution in [0.4, 0.5) is 0 Å². The third kappa shape index (κ3) is 3.20. The number of hydrogen-bond donors (Lipinski definition) is 2. The van der Waals surface area contributed by atoms with Crippen LogP contribution in [-0.2, 0) is 6.42 Å². The average molecular weight is 243 g/mol. The summed E-state index contributed by atoms with van der Waals surface area (Å²) in [4.78, 5) is 7.14. The smallest absolute Gasteiger partial charge is 0.0921 e. The predicted octanol–water partition coefficient (Wildman–Crippen LogP) is 2.92. The maximum Gasteiger partial charge on any atom is 0.0921 e. The molecule has 0 amide bonds. The molecule has 0 spiro atoms. The maximum atomic E-state index is 4.02. The molecule has 2 aromatic rings. The zero-order valence-corrected chi connectivity index (χ0v) is 11.3. The van der Waals surface area contributed by atoms with E-state index in [-0.39, 0.29) is 0 Å². The zero-order chi connectivity index (χ0) is 13.0. The minimum atomic E-state index is 0.383. The van der Waals surface area contributed by atoms with E-state index in [1.807, 2.05) is 6.20 Å². The first-order chi connectivity index (χ1) is 8.66. The zero-order valence-electron chi connectivity index (χ0n) is 11.3. The van der Waals surface area contributed by atoms with Crippen molar-refractivity contribution in [3.63, 3.8) is 0 Å². The molecule has 1 atom stereocenters. The molecule has 2 rings (SSSR count). The SMILES string of the molecule is Cc1ccc(C(C)NCCc2cnc[nH]2)c(C)c1. The highest BCUT2D eigenvalue weighted by atomic mass is 14.9. The van der Waals surface area contributed by atoms with Gasteiger partial charge in [-0.05, 0) is 31.9 Å². The fraction of sp³-hybridized carbons (Fsp3) is 0.400. The van der Waals surface area contributed by atoms with Gasteiger partial charge in [0.05, 0.1) is 6.33 Å². The molecule has 96 valence electrons. The number of aromatic amines is 1. The Kier molecular flexibility index (Phi) is 4.15. The first-order valence-electron chi connectivity index (χ1n) is 6.44. The molecule has 0 aliphatic rings. The van der Waals surface area contributed by atoms with Gasteiger partial charge in [0.2, 0.25) is 0 Å². The van der Waals surface area contributed by atoms with Gasteiger partial charge in [0.15, 0.2) is 0 Å². The number of imidazole rings is 1. The van der Waals surface area contributed by atoms with Crippen molar-refractivity contribution >= 4 is 0 Å². The van der Waals surface area contributed by atoms with Crippen LogP contribution in [0.25, 0.3) is 0 Å². The van der Waals surface area contributed by atoms with Gasteiger partial charge in [0, 0.05) is 30.9 Å². The number of nitrogens with one attached hydrogen (secondary N) is 2. The Morgan fingerprint density at radius 2 is 2.17 bits per heavy atom. The first kappa shape index (κ1) is 12.8. The van der Waals surface area contributed by atoms with Crippen LogP contribution in [-0.4, -0.2) is 16.5 Å². The van der Waals surface area contributed by atoms with Crippen LogP contribution in [0, 0.1) is 13.8 Å². The van der Waals surface area contributed by atoms with Crippen molar-refractivity contribution in [3.8, 4) is 0 Å². The van der Waals surface area contributed by atoms with Crippen LogP contribution in [0.3, 0.4) is 0 Å². The van der Waals surface area contributed by atoms with Crippen molar-refractivity contribution in [2.45, 2.75) is 33.2 Å². The van der Waals surface area contributed by atoms with Gasteiger partial charge in [-0.3, -0.25) is 0 Å². The summed E-state index contributed by atoms with van der Waals surface area (Å²) in [6, 6.07) is 7.02. The maximum absolute atomic E-state index is 4.02. The Hall–Kier alpha value is -1.61. The third-order valence-corrected chi connectivity index (χ3v) is 3.29. The Labute approximate surface area is 109 Å². The first-order valence-corrected chi connectivity index (χ1v) is 6.44. The lowest BCUT2D eigenvalue weighted by Gasteiger charge is -2.16. The quantitative estimate of drug-likeness (QED) is 0.847. The fourth-order valence-electron chi connectivity index (χ4n) is 2.27. The summed E-state index contributed by atoms with van der Waals surface area (Å²) >= 11 is 0. The van der Waals surface area contributed by atoms with Crippen LogP contribution >= 0.6 is 0 Å². The Morgan fingerprint density at radius 3 is 2.83 bits per heavy atom. The van der Waals surface area contributed by atoms with Crippen LogP contribution in [0.5, 0.6) is 0 Å². The van der Waals surface area contributed by atoms with Crippen LogP contribution in [0.15, 0.2) is 30.7 Å². The van der Waals surface area contributed by atoms with Gasteiger partial charge >= 0.3 is 0 Å². The molecule has 2 N–H and O–H groups in total. The van der Waals surface area contributed by atoms with E-state index >= 15 is 0 Å². The molecular formula is C15H21N3. The third-order valence-electron chi connectivity index (χ3n) is 3.29. The lowest BCUT2D eigenvalue weighted by molar-refractivity contribution is 0.572. The molecule has 3 heteroatoms. The topological polar surface area (TPSA) is 40.7 Å². The lowest BCUT2D eigenvalue weighted by Crippen LogP contribution is -2.22. The van der Waals surface area contributed by atoms with E-state index in [0.717, 1.165) is 13.0 Å². The molecule has 1 heterocycles. The van der Waals surface area contributed by atoms with E-state index in [4.69, 9.17) is 0 Å². The molecule has 0 saturated heterocycles. The fourth-order valence-corrected chi connectivity index (χ4v) is 2.27. The van der Waals surface area contributed by atoms with Crippen LogP contribution < -0.4 is 5.32 Å². The normalized spacial score (nSPS) is 12.6. The number of rotatable bonds is 5. The molecule has 3 nitrogen and oxygen atoms in total. The van der Waals surface area contributed by atoms with Crippen molar-refractivity contribution in [1.29, 1.82) is 0 Å². The summed E-state index contributed by atoms with van der Waals surface area (Å²) in [5.74, 6) is 0. The van der Waals surface area contributed by atoms with E-state index < -0.39 is 0 Å². The van der Waals surface area contributed by atoms with E-state index in [0.29, 0.717) is 6.04 Å². The van der Waals surface area contributed by atoms with Gasteiger partial charge in [0.1, 0.15) is 0 Å². The van der Waals surface area contributed by atoms with Gasteiger partial charge in [-0.25, -0.2) is 4.98 Å². The molecule has 0 fully saturated rings. The number of H-pyrrole nitrogens is 1. The van der Waals surface area contributed by atoms with Gasteiger partial charge in [-0.2, -0.15) is 0 Å². The summed E-state index contributed by atoms with van der Waals surface area (Å²) in [5.41, 5.74) is 5.23. The molecule has 0 radical (unpaired) electrons. The van der Waals surface area contributed by atoms with E-state index in [1.165, 1.54) is 22.4 Å². The highest BCUT2D eigenvalue weighted by Gasteiger charge is 2.07. The molecule has 1 aromatic carbocycles. The van der Waals surface area contributed by atoms with Crippen LogP contribution in [0.1, 0.15) is 35.3 Å². The monoisotopic (exact) mass is 243 g/mol. The molecule has 0 saturated carbocycles. The summed E-state index contributed by atoms with van der Waals surface area (Å²) in [7, 11) is 0. The number of hydrogen-bond acceptors (Lipinski definition) is 2. The molecule has 1 unspecified atom stereocenters. The summed E-state index contributed by atoms with van der Waals surface area (Å²) in [6.07, 6.45) is 4.58. The minimum Gasteiger partial charge on any atom is -0.348 e. The molecule has 18 heavy (non-hydrogen) atoms. The lowest BCUT2D eigenvalue weighted by atomic mass is 10.0. The Balaban J connectivity index is 1.89. The van der Waals surface area contributed by atoms with Gasteiger partial charge < -0.3 is 10.3 Å². The van der Waals surface area contributed by atoms with Crippen molar-refractivity contribution < 1.29 is 0 Å².